The summed E-state index contributed by atoms with van der Waals surface area (Å²) in [6, 6.07) is 0. The summed E-state index contributed by atoms with van der Waals surface area (Å²) in [5.74, 6) is -0.556. The predicted molar refractivity (Wildman–Crippen MR) is 38.8 cm³/mol. The standard InChI is InChI=1S/C6H7BrO3/c1-6(2)4(8)3(7)5(9)10-6/h8H,1-2H3. The van der Waals surface area contributed by atoms with Crippen molar-refractivity contribution in [1.29, 1.82) is 0 Å². The molecule has 10 heavy (non-hydrogen) atoms. The van der Waals surface area contributed by atoms with Crippen LogP contribution in [0.3, 0.4) is 0 Å². The monoisotopic (exact) mass is 206 g/mol. The number of carbonyl (C=O) groups is 1. The van der Waals surface area contributed by atoms with Crippen molar-refractivity contribution in [2.45, 2.75) is 19.4 Å². The minimum atomic E-state index is -0.865. The molecule has 0 bridgehead atoms. The topological polar surface area (TPSA) is 46.5 Å². The van der Waals surface area contributed by atoms with Crippen LogP contribution in [-0.4, -0.2) is 16.7 Å². The molecule has 1 aliphatic rings. The summed E-state index contributed by atoms with van der Waals surface area (Å²) in [6.45, 7) is 3.24. The van der Waals surface area contributed by atoms with Crippen LogP contribution in [-0.2, 0) is 9.53 Å². The third-order valence-electron chi connectivity index (χ3n) is 1.31. The lowest BCUT2D eigenvalue weighted by atomic mass is 10.1. The van der Waals surface area contributed by atoms with Crippen molar-refractivity contribution in [2.75, 3.05) is 0 Å². The lowest BCUT2D eigenvalue weighted by Gasteiger charge is -2.15. The number of halogens is 1. The van der Waals surface area contributed by atoms with Gasteiger partial charge in [-0.2, -0.15) is 0 Å². The number of hydrogen-bond acceptors (Lipinski definition) is 3. The average molecular weight is 207 g/mol. The zero-order chi connectivity index (χ0) is 7.94. The van der Waals surface area contributed by atoms with Gasteiger partial charge in [-0.1, -0.05) is 0 Å². The van der Waals surface area contributed by atoms with Crippen LogP contribution in [0.5, 0.6) is 0 Å². The van der Waals surface area contributed by atoms with Crippen molar-refractivity contribution in [1.82, 2.24) is 0 Å². The van der Waals surface area contributed by atoms with Crippen LogP contribution in [0.4, 0.5) is 0 Å². The fourth-order valence-corrected chi connectivity index (χ4v) is 1.24. The Labute approximate surface area is 66.8 Å². The zero-order valence-corrected chi connectivity index (χ0v) is 7.23. The van der Waals surface area contributed by atoms with Crippen LogP contribution in [0.15, 0.2) is 10.2 Å². The average Bonchev–Trinajstić information content (AvgIpc) is 1.95. The van der Waals surface area contributed by atoms with Crippen molar-refractivity contribution in [2.24, 2.45) is 0 Å². The Bertz CT molecular complexity index is 217. The molecule has 1 aliphatic heterocycles. The maximum Gasteiger partial charge on any atom is 0.349 e. The quantitative estimate of drug-likeness (QED) is 0.612. The first-order chi connectivity index (χ1) is 4.45. The molecule has 0 aliphatic carbocycles. The van der Waals surface area contributed by atoms with Crippen molar-refractivity contribution >= 4 is 21.9 Å². The highest BCUT2D eigenvalue weighted by Gasteiger charge is 2.39. The molecule has 4 heteroatoms. The van der Waals surface area contributed by atoms with Gasteiger partial charge in [-0.25, -0.2) is 4.79 Å². The Morgan fingerprint density at radius 2 is 2.10 bits per heavy atom. The van der Waals surface area contributed by atoms with Gasteiger partial charge in [0.15, 0.2) is 11.4 Å². The summed E-state index contributed by atoms with van der Waals surface area (Å²) in [4.78, 5) is 10.7. The molecule has 1 N–H and O–H groups in total. The number of esters is 1. The highest BCUT2D eigenvalue weighted by Crippen LogP contribution is 2.32. The van der Waals surface area contributed by atoms with Gasteiger partial charge in [0.2, 0.25) is 0 Å². The molecule has 0 saturated heterocycles. The maximum atomic E-state index is 10.7. The molecule has 0 radical (unpaired) electrons. The molecule has 0 fully saturated rings. The van der Waals surface area contributed by atoms with Gasteiger partial charge >= 0.3 is 5.97 Å². The van der Waals surface area contributed by atoms with E-state index in [-0.39, 0.29) is 10.2 Å². The molecule has 1 heterocycles. The molecule has 56 valence electrons. The molecule has 0 aromatic rings. The molecule has 0 spiro atoms. The zero-order valence-electron chi connectivity index (χ0n) is 5.64. The van der Waals surface area contributed by atoms with Gasteiger partial charge in [-0.15, -0.1) is 0 Å². The second-order valence-corrected chi connectivity index (χ2v) is 3.36. The second-order valence-electron chi connectivity index (χ2n) is 2.56. The number of ether oxygens (including phenoxy) is 1. The van der Waals surface area contributed by atoms with Crippen LogP contribution in [0.25, 0.3) is 0 Å². The number of aliphatic hydroxyl groups is 1. The van der Waals surface area contributed by atoms with E-state index in [2.05, 4.69) is 15.9 Å². The first kappa shape index (κ1) is 7.60. The van der Waals surface area contributed by atoms with E-state index in [1.54, 1.807) is 13.8 Å². The van der Waals surface area contributed by atoms with E-state index in [4.69, 9.17) is 4.74 Å². The lowest BCUT2D eigenvalue weighted by molar-refractivity contribution is -0.144. The first-order valence-corrected chi connectivity index (χ1v) is 3.57. The number of cyclic esters (lactones) is 1. The molecule has 0 aromatic carbocycles. The Morgan fingerprint density at radius 3 is 2.20 bits per heavy atom. The Balaban J connectivity index is 3.06. The second kappa shape index (κ2) is 1.99. The Kier molecular flexibility index (Phi) is 1.51. The fraction of sp³-hybridized carbons (Fsp3) is 0.500. The van der Waals surface area contributed by atoms with Gasteiger partial charge in [0, 0.05) is 0 Å². The number of rotatable bonds is 0. The molecule has 3 nitrogen and oxygen atoms in total. The molecular weight excluding hydrogens is 200 g/mol. The van der Waals surface area contributed by atoms with Crippen LogP contribution >= 0.6 is 15.9 Å². The number of hydrogen-bond donors (Lipinski definition) is 1. The maximum absolute atomic E-state index is 10.7. The van der Waals surface area contributed by atoms with E-state index in [1.807, 2.05) is 0 Å². The van der Waals surface area contributed by atoms with E-state index in [1.165, 1.54) is 0 Å². The van der Waals surface area contributed by atoms with Crippen LogP contribution in [0, 0.1) is 0 Å². The van der Waals surface area contributed by atoms with Crippen molar-refractivity contribution in [3.63, 3.8) is 0 Å². The summed E-state index contributed by atoms with van der Waals surface area (Å²) < 4.78 is 4.89. The highest BCUT2D eigenvalue weighted by molar-refractivity contribution is 9.12. The summed E-state index contributed by atoms with van der Waals surface area (Å²) in [6.07, 6.45) is 0. The molecule has 0 unspecified atom stereocenters. The SMILES string of the molecule is CC1(C)OC(=O)C(Br)=C1O. The summed E-state index contributed by atoms with van der Waals surface area (Å²) in [7, 11) is 0. The largest absolute Gasteiger partial charge is 0.507 e. The van der Waals surface area contributed by atoms with Gasteiger partial charge in [-0.05, 0) is 29.8 Å². The van der Waals surface area contributed by atoms with E-state index in [0.717, 1.165) is 0 Å². The van der Waals surface area contributed by atoms with E-state index < -0.39 is 11.6 Å². The summed E-state index contributed by atoms with van der Waals surface area (Å²) in [5.41, 5.74) is -0.865. The number of carbonyl (C=O) groups excluding carboxylic acids is 1. The van der Waals surface area contributed by atoms with Gasteiger partial charge in [0.1, 0.15) is 4.48 Å². The molecular formula is C6H7BrO3. The van der Waals surface area contributed by atoms with E-state index in [9.17, 15) is 9.90 Å². The smallest absolute Gasteiger partial charge is 0.349 e. The fourth-order valence-electron chi connectivity index (χ4n) is 0.686. The minimum Gasteiger partial charge on any atom is -0.507 e. The first-order valence-electron chi connectivity index (χ1n) is 2.77. The number of aliphatic hydroxyl groups excluding tert-OH is 1. The third-order valence-corrected chi connectivity index (χ3v) is 2.00. The van der Waals surface area contributed by atoms with Gasteiger partial charge in [0.25, 0.3) is 0 Å². The summed E-state index contributed by atoms with van der Waals surface area (Å²) in [5, 5.41) is 9.18. The predicted octanol–water partition coefficient (Wildman–Crippen LogP) is 1.49. The minimum absolute atomic E-state index is 0.0440. The van der Waals surface area contributed by atoms with Crippen molar-refractivity contribution in [3.8, 4) is 0 Å². The molecule has 0 aromatic heterocycles. The van der Waals surface area contributed by atoms with Gasteiger partial charge < -0.3 is 9.84 Å². The van der Waals surface area contributed by atoms with Gasteiger partial charge in [0.05, 0.1) is 0 Å². The van der Waals surface area contributed by atoms with E-state index in [0.29, 0.717) is 0 Å². The highest BCUT2D eigenvalue weighted by atomic mass is 79.9. The Hall–Kier alpha value is -0.510. The van der Waals surface area contributed by atoms with Gasteiger partial charge in [-0.3, -0.25) is 0 Å². The normalized spacial score (nSPS) is 23.3. The van der Waals surface area contributed by atoms with Crippen molar-refractivity contribution < 1.29 is 14.6 Å². The molecule has 0 saturated carbocycles. The summed E-state index contributed by atoms with van der Waals surface area (Å²) >= 11 is 2.90. The molecule has 0 atom stereocenters. The molecule has 1 rings (SSSR count). The Morgan fingerprint density at radius 1 is 1.60 bits per heavy atom. The van der Waals surface area contributed by atoms with E-state index >= 15 is 0 Å². The van der Waals surface area contributed by atoms with Crippen LogP contribution in [0.2, 0.25) is 0 Å². The van der Waals surface area contributed by atoms with Crippen LogP contribution in [0.1, 0.15) is 13.8 Å². The van der Waals surface area contributed by atoms with Crippen LogP contribution < -0.4 is 0 Å². The third kappa shape index (κ3) is 0.923. The van der Waals surface area contributed by atoms with Crippen molar-refractivity contribution in [3.05, 3.63) is 10.2 Å². The lowest BCUT2D eigenvalue weighted by Crippen LogP contribution is -2.22. The molecule has 0 amide bonds.